The number of benzene rings is 1. The third-order valence-electron chi connectivity index (χ3n) is 1.22. The van der Waals surface area contributed by atoms with Crippen molar-refractivity contribution in [2.45, 2.75) is 27.7 Å². The van der Waals surface area contributed by atoms with Crippen LogP contribution in [-0.4, -0.2) is 31.6 Å². The van der Waals surface area contributed by atoms with E-state index in [9.17, 15) is 4.79 Å². The smallest absolute Gasteiger partial charge is 0.304 e. The van der Waals surface area contributed by atoms with E-state index in [1.165, 1.54) is 6.92 Å². The fourth-order valence-corrected chi connectivity index (χ4v) is 0.593. The van der Waals surface area contributed by atoms with Crippen LogP contribution in [0.5, 0.6) is 0 Å². The molecule has 1 aromatic carbocycles. The molecule has 0 saturated carbocycles. The van der Waals surface area contributed by atoms with Crippen molar-refractivity contribution in [1.82, 2.24) is 0 Å². The van der Waals surface area contributed by atoms with Crippen LogP contribution in [0.25, 0.3) is 0 Å². The fraction of sp³-hybridized carbons (Fsp3) is 0.500. The van der Waals surface area contributed by atoms with Crippen LogP contribution in [0.2, 0.25) is 0 Å². The van der Waals surface area contributed by atoms with E-state index in [4.69, 9.17) is 9.84 Å². The highest BCUT2D eigenvalue weighted by Crippen LogP contribution is 1.80. The third kappa shape index (κ3) is 29.3. The van der Waals surface area contributed by atoms with Crippen molar-refractivity contribution in [1.29, 1.82) is 0 Å². The molecular weight excluding hydrogens is 232 g/mol. The third-order valence-corrected chi connectivity index (χ3v) is 1.22. The van der Waals surface area contributed by atoms with Gasteiger partial charge in [0.2, 0.25) is 0 Å². The molecule has 0 bridgehead atoms. The van der Waals surface area contributed by atoms with E-state index in [-0.39, 0.29) is 12.8 Å². The molecule has 0 saturated heterocycles. The molecule has 4 nitrogen and oxygen atoms in total. The van der Waals surface area contributed by atoms with Crippen molar-refractivity contribution < 1.29 is 19.4 Å². The molecular formula is C14H26O4. The van der Waals surface area contributed by atoms with Crippen molar-refractivity contribution in [3.8, 4) is 0 Å². The molecule has 106 valence electrons. The Morgan fingerprint density at radius 2 is 1.33 bits per heavy atom. The number of rotatable bonds is 3. The zero-order valence-electron chi connectivity index (χ0n) is 12.1. The molecule has 0 unspecified atom stereocenters. The molecule has 0 radical (unpaired) electrons. The van der Waals surface area contributed by atoms with Crippen LogP contribution >= 0.6 is 0 Å². The number of hydrogen-bond acceptors (Lipinski definition) is 4. The molecule has 0 spiro atoms. The van der Waals surface area contributed by atoms with Crippen molar-refractivity contribution in [2.24, 2.45) is 0 Å². The second kappa shape index (κ2) is 24.7. The molecule has 0 aliphatic carbocycles. The lowest BCUT2D eigenvalue weighted by Gasteiger charge is -1.98. The highest BCUT2D eigenvalue weighted by molar-refractivity contribution is 5.65. The first-order chi connectivity index (χ1) is 8.77. The SMILES string of the molecule is CC.CCOCOC(C)=O.CO.c1ccccc1. The zero-order chi connectivity index (χ0) is 14.6. The number of aliphatic hydroxyl groups excluding tert-OH is 1. The molecule has 1 aromatic rings. The minimum Gasteiger partial charge on any atom is -0.439 e. The summed E-state index contributed by atoms with van der Waals surface area (Å²) in [4.78, 5) is 10.0. The highest BCUT2D eigenvalue weighted by atomic mass is 16.7. The molecule has 18 heavy (non-hydrogen) atoms. The number of carbonyl (C=O) groups is 1. The van der Waals surface area contributed by atoms with E-state index in [2.05, 4.69) is 4.74 Å². The Hall–Kier alpha value is -1.39. The molecule has 1 rings (SSSR count). The standard InChI is InChI=1S/C6H6.C5H10O3.C2H6.CH4O/c1-2-4-6-5-3-1;1-3-7-4-8-5(2)6;2*1-2/h1-6H;3-4H2,1-2H3;1-2H3;2H,1H3. The van der Waals surface area contributed by atoms with Crippen molar-refractivity contribution in [3.63, 3.8) is 0 Å². The minimum atomic E-state index is -0.307. The van der Waals surface area contributed by atoms with Gasteiger partial charge in [-0.1, -0.05) is 50.2 Å². The van der Waals surface area contributed by atoms with Gasteiger partial charge in [0, 0.05) is 20.6 Å². The molecule has 0 aliphatic heterocycles. The lowest BCUT2D eigenvalue weighted by atomic mass is 10.4. The maximum absolute atomic E-state index is 10.0. The first-order valence-electron chi connectivity index (χ1n) is 5.93. The van der Waals surface area contributed by atoms with Gasteiger partial charge in [-0.3, -0.25) is 4.79 Å². The van der Waals surface area contributed by atoms with E-state index in [0.29, 0.717) is 6.61 Å². The summed E-state index contributed by atoms with van der Waals surface area (Å²) < 4.78 is 9.12. The second-order valence-corrected chi connectivity index (χ2v) is 2.40. The Kier molecular flexibility index (Phi) is 30.0. The maximum Gasteiger partial charge on any atom is 0.304 e. The van der Waals surface area contributed by atoms with Crippen molar-refractivity contribution >= 4 is 5.97 Å². The van der Waals surface area contributed by atoms with Crippen LogP contribution < -0.4 is 0 Å². The van der Waals surface area contributed by atoms with E-state index in [1.807, 2.05) is 57.2 Å². The average Bonchev–Trinajstić information content (AvgIpc) is 2.46. The lowest BCUT2D eigenvalue weighted by molar-refractivity contribution is -0.153. The van der Waals surface area contributed by atoms with Crippen LogP contribution in [0.3, 0.4) is 0 Å². The van der Waals surface area contributed by atoms with Crippen LogP contribution in [-0.2, 0) is 14.3 Å². The average molecular weight is 258 g/mol. The van der Waals surface area contributed by atoms with Crippen LogP contribution in [0.1, 0.15) is 27.7 Å². The quantitative estimate of drug-likeness (QED) is 0.514. The van der Waals surface area contributed by atoms with Crippen LogP contribution in [0, 0.1) is 0 Å². The molecule has 0 heterocycles. The van der Waals surface area contributed by atoms with Gasteiger partial charge >= 0.3 is 5.97 Å². The highest BCUT2D eigenvalue weighted by Gasteiger charge is 1.87. The Morgan fingerprint density at radius 3 is 1.56 bits per heavy atom. The fourth-order valence-electron chi connectivity index (χ4n) is 0.593. The first kappa shape index (κ1) is 21.9. The van der Waals surface area contributed by atoms with E-state index < -0.39 is 0 Å². The number of carbonyl (C=O) groups excluding carboxylic acids is 1. The number of hydrogen-bond donors (Lipinski definition) is 1. The lowest BCUT2D eigenvalue weighted by Crippen LogP contribution is -2.03. The normalized spacial score (nSPS) is 7.22. The summed E-state index contributed by atoms with van der Waals surface area (Å²) in [5.74, 6) is -0.307. The summed E-state index contributed by atoms with van der Waals surface area (Å²) in [7, 11) is 1.00. The monoisotopic (exact) mass is 258 g/mol. The second-order valence-electron chi connectivity index (χ2n) is 2.40. The molecule has 0 atom stereocenters. The van der Waals surface area contributed by atoms with Gasteiger partial charge in [-0.15, -0.1) is 0 Å². The summed E-state index contributed by atoms with van der Waals surface area (Å²) in [5.41, 5.74) is 0. The predicted octanol–water partition coefficient (Wildman–Crippen LogP) is 2.86. The number of aliphatic hydroxyl groups is 1. The van der Waals surface area contributed by atoms with Gasteiger partial charge in [0.05, 0.1) is 0 Å². The van der Waals surface area contributed by atoms with Gasteiger partial charge < -0.3 is 14.6 Å². The summed E-state index contributed by atoms with van der Waals surface area (Å²) in [6, 6.07) is 12.0. The van der Waals surface area contributed by atoms with E-state index >= 15 is 0 Å². The molecule has 4 heteroatoms. The molecule has 0 aliphatic rings. The van der Waals surface area contributed by atoms with Gasteiger partial charge in [0.1, 0.15) is 0 Å². The van der Waals surface area contributed by atoms with Gasteiger partial charge in [0.25, 0.3) is 0 Å². The van der Waals surface area contributed by atoms with E-state index in [1.54, 1.807) is 0 Å². The number of esters is 1. The summed E-state index contributed by atoms with van der Waals surface area (Å²) in [5, 5.41) is 7.00. The molecule has 0 aromatic heterocycles. The largest absolute Gasteiger partial charge is 0.439 e. The zero-order valence-corrected chi connectivity index (χ0v) is 12.1. The van der Waals surface area contributed by atoms with Gasteiger partial charge in [-0.2, -0.15) is 0 Å². The molecule has 0 fully saturated rings. The van der Waals surface area contributed by atoms with Crippen LogP contribution in [0.4, 0.5) is 0 Å². The summed E-state index contributed by atoms with van der Waals surface area (Å²) in [6.07, 6.45) is 0. The van der Waals surface area contributed by atoms with E-state index in [0.717, 1.165) is 7.11 Å². The Bertz CT molecular complexity index is 198. The minimum absolute atomic E-state index is 0.0752. The van der Waals surface area contributed by atoms with Crippen molar-refractivity contribution in [3.05, 3.63) is 36.4 Å². The Labute approximate surface area is 111 Å². The Balaban J connectivity index is -0.000000199. The summed E-state index contributed by atoms with van der Waals surface area (Å²) >= 11 is 0. The number of ether oxygens (including phenoxy) is 2. The van der Waals surface area contributed by atoms with Gasteiger partial charge in [0.15, 0.2) is 6.79 Å². The molecule has 0 amide bonds. The predicted molar refractivity (Wildman–Crippen MR) is 74.2 cm³/mol. The first-order valence-corrected chi connectivity index (χ1v) is 5.93. The molecule has 1 N–H and O–H groups in total. The van der Waals surface area contributed by atoms with Gasteiger partial charge in [-0.05, 0) is 6.92 Å². The van der Waals surface area contributed by atoms with Crippen molar-refractivity contribution in [2.75, 3.05) is 20.5 Å². The Morgan fingerprint density at radius 1 is 1.00 bits per heavy atom. The summed E-state index contributed by atoms with van der Waals surface area (Å²) in [6.45, 7) is 7.83. The maximum atomic E-state index is 10.0. The topological polar surface area (TPSA) is 55.8 Å². The van der Waals surface area contributed by atoms with Crippen LogP contribution in [0.15, 0.2) is 36.4 Å². The van der Waals surface area contributed by atoms with Gasteiger partial charge in [-0.25, -0.2) is 0 Å².